The van der Waals surface area contributed by atoms with Gasteiger partial charge >= 0.3 is 0 Å². The molecule has 8 radical (unpaired) electrons. The third-order valence-electron chi connectivity index (χ3n) is 2.34. The second-order valence-corrected chi connectivity index (χ2v) is 3.19. The SMILES string of the molecule is [B]c1c([B])c([B])c2c(c1[B])C(=O)NC2=O. The molecule has 7 heteroatoms. The predicted molar refractivity (Wildman–Crippen MR) is 59.8 cm³/mol. The van der Waals surface area contributed by atoms with Gasteiger partial charge in [0.1, 0.15) is 31.4 Å². The number of carbonyl (C=O) groups is 2. The van der Waals surface area contributed by atoms with Gasteiger partial charge in [0, 0.05) is 11.1 Å². The number of rotatable bonds is 0. The summed E-state index contributed by atoms with van der Waals surface area (Å²) in [7, 11) is 22.2. The van der Waals surface area contributed by atoms with Crippen molar-refractivity contribution in [3.63, 3.8) is 0 Å². The lowest BCUT2D eigenvalue weighted by atomic mass is 9.63. The normalized spacial score (nSPS) is 13.9. The number of nitrogens with one attached hydrogen (secondary N) is 1. The molecule has 15 heavy (non-hydrogen) atoms. The molecule has 0 aliphatic carbocycles. The minimum Gasteiger partial charge on any atom is -0.288 e. The van der Waals surface area contributed by atoms with Crippen molar-refractivity contribution in [1.82, 2.24) is 5.32 Å². The van der Waals surface area contributed by atoms with Gasteiger partial charge in [-0.3, -0.25) is 14.9 Å². The van der Waals surface area contributed by atoms with Crippen LogP contribution in [0.2, 0.25) is 0 Å². The summed E-state index contributed by atoms with van der Waals surface area (Å²) in [6.07, 6.45) is 0. The Morgan fingerprint density at radius 3 is 1.33 bits per heavy atom. The van der Waals surface area contributed by atoms with Gasteiger partial charge in [-0.15, -0.1) is 10.9 Å². The number of hydrogen-bond donors (Lipinski definition) is 1. The van der Waals surface area contributed by atoms with E-state index in [-0.39, 0.29) is 33.0 Å². The second kappa shape index (κ2) is 3.05. The molecular formula is C8HB4NO2. The first kappa shape index (κ1) is 10.1. The van der Waals surface area contributed by atoms with Crippen LogP contribution in [0.5, 0.6) is 0 Å². The lowest BCUT2D eigenvalue weighted by Crippen LogP contribution is -2.50. The molecule has 0 bridgehead atoms. The molecule has 1 aliphatic heterocycles. The van der Waals surface area contributed by atoms with E-state index in [0.717, 1.165) is 0 Å². The highest BCUT2D eigenvalue weighted by atomic mass is 16.2. The van der Waals surface area contributed by atoms with Crippen LogP contribution in [-0.2, 0) is 0 Å². The predicted octanol–water partition coefficient (Wildman–Crippen LogP) is -4.25. The van der Waals surface area contributed by atoms with Crippen LogP contribution in [0.1, 0.15) is 20.7 Å². The zero-order valence-electron chi connectivity index (χ0n) is 7.63. The van der Waals surface area contributed by atoms with Gasteiger partial charge in [0.2, 0.25) is 0 Å². The van der Waals surface area contributed by atoms with Crippen molar-refractivity contribution >= 4 is 65.1 Å². The average molecular weight is 186 g/mol. The van der Waals surface area contributed by atoms with Crippen molar-refractivity contribution < 1.29 is 9.59 Å². The van der Waals surface area contributed by atoms with Crippen molar-refractivity contribution in [1.29, 1.82) is 0 Å². The van der Waals surface area contributed by atoms with Gasteiger partial charge < -0.3 is 0 Å². The van der Waals surface area contributed by atoms with Gasteiger partial charge in [-0.2, -0.15) is 0 Å². The fourth-order valence-electron chi connectivity index (χ4n) is 1.53. The number of imide groups is 1. The summed E-state index contributed by atoms with van der Waals surface area (Å²) in [5, 5.41) is 2.07. The fraction of sp³-hybridized carbons (Fsp3) is 0. The standard InChI is InChI=1S/C8HB4NO2/c9-3-1-2(8(15)13-7(1)14)4(10)6(12)5(3)11/h(H,13,14,15). The molecular weight excluding hydrogens is 185 g/mol. The second-order valence-electron chi connectivity index (χ2n) is 3.19. The third-order valence-corrected chi connectivity index (χ3v) is 2.34. The molecule has 2 rings (SSSR count). The van der Waals surface area contributed by atoms with E-state index >= 15 is 0 Å². The van der Waals surface area contributed by atoms with Crippen molar-refractivity contribution in [2.45, 2.75) is 0 Å². The maximum atomic E-state index is 11.3. The molecule has 1 aromatic carbocycles. The zero-order chi connectivity index (χ0) is 11.3. The van der Waals surface area contributed by atoms with Crippen LogP contribution in [-0.4, -0.2) is 43.2 Å². The summed E-state index contributed by atoms with van der Waals surface area (Å²) >= 11 is 0. The van der Waals surface area contributed by atoms with E-state index < -0.39 is 11.8 Å². The highest BCUT2D eigenvalue weighted by Gasteiger charge is 2.30. The van der Waals surface area contributed by atoms with Crippen LogP contribution in [0.25, 0.3) is 0 Å². The Kier molecular flexibility index (Phi) is 2.07. The number of fused-ring (bicyclic) bond motifs is 1. The molecule has 0 saturated heterocycles. The van der Waals surface area contributed by atoms with Crippen LogP contribution in [0, 0.1) is 0 Å². The molecule has 1 aromatic rings. The summed E-state index contributed by atoms with van der Waals surface area (Å²) in [5.74, 6) is -1.21. The Bertz CT molecular complexity index is 467. The van der Waals surface area contributed by atoms with Gasteiger partial charge in [0.15, 0.2) is 0 Å². The van der Waals surface area contributed by atoms with E-state index in [4.69, 9.17) is 31.4 Å². The summed E-state index contributed by atoms with van der Waals surface area (Å²) in [5.41, 5.74) is 0.0284. The molecule has 1 heterocycles. The Morgan fingerprint density at radius 1 is 0.667 bits per heavy atom. The van der Waals surface area contributed by atoms with E-state index in [2.05, 4.69) is 5.32 Å². The number of benzene rings is 1. The molecule has 0 atom stereocenters. The first-order valence-electron chi connectivity index (χ1n) is 4.06. The summed E-state index contributed by atoms with van der Waals surface area (Å²) in [6.45, 7) is 0. The Labute approximate surface area is 91.6 Å². The smallest absolute Gasteiger partial charge is 0.258 e. The molecule has 1 aliphatic rings. The minimum absolute atomic E-state index is 0.00389. The molecule has 1 N–H and O–H groups in total. The van der Waals surface area contributed by atoms with E-state index in [1.165, 1.54) is 0 Å². The molecule has 3 nitrogen and oxygen atoms in total. The van der Waals surface area contributed by atoms with Crippen molar-refractivity contribution in [3.8, 4) is 0 Å². The van der Waals surface area contributed by atoms with E-state index in [0.29, 0.717) is 0 Å². The van der Waals surface area contributed by atoms with Gasteiger partial charge in [-0.25, -0.2) is 0 Å². The van der Waals surface area contributed by atoms with Crippen LogP contribution in [0.3, 0.4) is 0 Å². The first-order valence-corrected chi connectivity index (χ1v) is 4.06. The van der Waals surface area contributed by atoms with Crippen molar-refractivity contribution in [2.75, 3.05) is 0 Å². The van der Waals surface area contributed by atoms with E-state index in [1.54, 1.807) is 0 Å². The maximum Gasteiger partial charge on any atom is 0.258 e. The molecule has 62 valence electrons. The first-order chi connectivity index (χ1) is 6.95. The zero-order valence-corrected chi connectivity index (χ0v) is 7.63. The number of hydrogen-bond acceptors (Lipinski definition) is 2. The Hall–Kier alpha value is -1.38. The molecule has 0 unspecified atom stereocenters. The van der Waals surface area contributed by atoms with Gasteiger partial charge in [0.05, 0.1) is 0 Å². The van der Waals surface area contributed by atoms with Crippen LogP contribution in [0.15, 0.2) is 0 Å². The van der Waals surface area contributed by atoms with Gasteiger partial charge in [0.25, 0.3) is 11.8 Å². The van der Waals surface area contributed by atoms with Crippen molar-refractivity contribution in [2.24, 2.45) is 0 Å². The Morgan fingerprint density at radius 2 is 1.00 bits per heavy atom. The average Bonchev–Trinajstić information content (AvgIpc) is 2.47. The highest BCUT2D eigenvalue weighted by molar-refractivity contribution is 6.65. The summed E-state index contributed by atoms with van der Waals surface area (Å²) < 4.78 is 0. The lowest BCUT2D eigenvalue weighted by molar-refractivity contribution is 0.0880. The monoisotopic (exact) mass is 187 g/mol. The Balaban J connectivity index is 2.92. The third kappa shape index (κ3) is 1.19. The van der Waals surface area contributed by atoms with Crippen LogP contribution >= 0.6 is 0 Å². The fourth-order valence-corrected chi connectivity index (χ4v) is 1.53. The van der Waals surface area contributed by atoms with Crippen LogP contribution in [0.4, 0.5) is 0 Å². The van der Waals surface area contributed by atoms with E-state index in [1.807, 2.05) is 0 Å². The minimum atomic E-state index is -0.606. The van der Waals surface area contributed by atoms with Crippen LogP contribution < -0.4 is 27.2 Å². The van der Waals surface area contributed by atoms with E-state index in [9.17, 15) is 9.59 Å². The summed E-state index contributed by atoms with van der Waals surface area (Å²) in [6, 6.07) is 0. The highest BCUT2D eigenvalue weighted by Crippen LogP contribution is 2.08. The molecule has 0 fully saturated rings. The maximum absolute atomic E-state index is 11.3. The van der Waals surface area contributed by atoms with Crippen molar-refractivity contribution in [3.05, 3.63) is 11.1 Å². The quantitative estimate of drug-likeness (QED) is 0.329. The summed E-state index contributed by atoms with van der Waals surface area (Å²) in [4.78, 5) is 22.7. The topological polar surface area (TPSA) is 46.2 Å². The number of carbonyl (C=O) groups excluding carboxylic acids is 2. The number of amides is 2. The molecule has 0 aromatic heterocycles. The van der Waals surface area contributed by atoms with Gasteiger partial charge in [-0.1, -0.05) is 10.9 Å². The largest absolute Gasteiger partial charge is 0.288 e. The molecule has 2 amide bonds. The van der Waals surface area contributed by atoms with Gasteiger partial charge in [-0.05, 0) is 0 Å². The molecule has 0 saturated carbocycles. The molecule has 0 spiro atoms. The lowest BCUT2D eigenvalue weighted by Gasteiger charge is -2.14.